The summed E-state index contributed by atoms with van der Waals surface area (Å²) in [4.78, 5) is 4.98. The zero-order valence-corrected chi connectivity index (χ0v) is 15.9. The maximum atomic E-state index is 9.61. The number of aliphatic hydroxyl groups excluding tert-OH is 1. The molecule has 1 unspecified atom stereocenters. The first-order valence-corrected chi connectivity index (χ1v) is 9.69. The molecule has 2 aromatic carbocycles. The molecule has 27 heavy (non-hydrogen) atoms. The lowest BCUT2D eigenvalue weighted by atomic mass is 10.0. The summed E-state index contributed by atoms with van der Waals surface area (Å²) >= 11 is 0. The van der Waals surface area contributed by atoms with Gasteiger partial charge in [0.1, 0.15) is 5.75 Å². The Hall–Kier alpha value is -2.08. The standard InChI is InChI=1S/C22H28N2O3/c1-26-22-7-6-17(12-18(22)16-25)13-24-15-19(14-23-8-10-27-11-9-23)20-4-2-3-5-21(20)24/h2-7,12,19,25H,8-11,13-16H2,1H3. The van der Waals surface area contributed by atoms with E-state index in [4.69, 9.17) is 9.47 Å². The molecule has 0 radical (unpaired) electrons. The van der Waals surface area contributed by atoms with Crippen molar-refractivity contribution in [2.45, 2.75) is 19.1 Å². The number of benzene rings is 2. The number of hydrogen-bond donors (Lipinski definition) is 1. The number of para-hydroxylation sites is 1. The van der Waals surface area contributed by atoms with E-state index in [1.54, 1.807) is 7.11 Å². The Kier molecular flexibility index (Phi) is 5.62. The van der Waals surface area contributed by atoms with Crippen LogP contribution >= 0.6 is 0 Å². The fourth-order valence-corrected chi connectivity index (χ4v) is 4.26. The molecule has 0 amide bonds. The summed E-state index contributed by atoms with van der Waals surface area (Å²) in [6, 6.07) is 14.9. The van der Waals surface area contributed by atoms with Crippen LogP contribution in [0.5, 0.6) is 5.75 Å². The Morgan fingerprint density at radius 3 is 2.74 bits per heavy atom. The number of methoxy groups -OCH3 is 1. The van der Waals surface area contributed by atoms with Crippen LogP contribution in [-0.4, -0.2) is 56.5 Å². The van der Waals surface area contributed by atoms with Gasteiger partial charge in [-0.1, -0.05) is 24.3 Å². The maximum absolute atomic E-state index is 9.61. The van der Waals surface area contributed by atoms with Crippen LogP contribution in [0.1, 0.15) is 22.6 Å². The number of hydrogen-bond acceptors (Lipinski definition) is 5. The van der Waals surface area contributed by atoms with E-state index in [0.29, 0.717) is 5.92 Å². The number of fused-ring (bicyclic) bond motifs is 1. The van der Waals surface area contributed by atoms with Crippen LogP contribution in [0, 0.1) is 0 Å². The van der Waals surface area contributed by atoms with Gasteiger partial charge in [-0.15, -0.1) is 0 Å². The van der Waals surface area contributed by atoms with Crippen LogP contribution in [0.25, 0.3) is 0 Å². The second kappa shape index (κ2) is 8.30. The molecule has 144 valence electrons. The van der Waals surface area contributed by atoms with Crippen molar-refractivity contribution in [1.29, 1.82) is 0 Å². The van der Waals surface area contributed by atoms with Gasteiger partial charge in [-0.2, -0.15) is 0 Å². The summed E-state index contributed by atoms with van der Waals surface area (Å²) in [6.45, 7) is 6.68. The van der Waals surface area contributed by atoms with Gasteiger partial charge in [-0.05, 0) is 29.3 Å². The molecule has 1 fully saturated rings. The lowest BCUT2D eigenvalue weighted by molar-refractivity contribution is 0.0356. The smallest absolute Gasteiger partial charge is 0.124 e. The Bertz CT molecular complexity index is 774. The highest BCUT2D eigenvalue weighted by Crippen LogP contribution is 2.37. The highest BCUT2D eigenvalue weighted by molar-refractivity contribution is 5.60. The zero-order valence-electron chi connectivity index (χ0n) is 15.9. The van der Waals surface area contributed by atoms with Gasteiger partial charge in [0.25, 0.3) is 0 Å². The molecule has 1 atom stereocenters. The first-order valence-electron chi connectivity index (χ1n) is 9.69. The van der Waals surface area contributed by atoms with E-state index in [1.807, 2.05) is 6.07 Å². The first-order chi connectivity index (χ1) is 13.3. The second-order valence-electron chi connectivity index (χ2n) is 7.35. The predicted octanol–water partition coefficient (Wildman–Crippen LogP) is 2.62. The van der Waals surface area contributed by atoms with Crippen molar-refractivity contribution in [3.63, 3.8) is 0 Å². The summed E-state index contributed by atoms with van der Waals surface area (Å²) in [7, 11) is 1.64. The number of anilines is 1. The lowest BCUT2D eigenvalue weighted by Gasteiger charge is -2.29. The minimum Gasteiger partial charge on any atom is -0.496 e. The molecular weight excluding hydrogens is 340 g/mol. The number of ether oxygens (including phenoxy) is 2. The highest BCUT2D eigenvalue weighted by Gasteiger charge is 2.30. The van der Waals surface area contributed by atoms with Crippen molar-refractivity contribution in [3.8, 4) is 5.75 Å². The van der Waals surface area contributed by atoms with Crippen LogP contribution in [0.3, 0.4) is 0 Å². The number of morpholine rings is 1. The third-order valence-electron chi connectivity index (χ3n) is 5.63. The average Bonchev–Trinajstić information content (AvgIpc) is 3.06. The molecule has 0 bridgehead atoms. The van der Waals surface area contributed by atoms with Crippen LogP contribution in [0.15, 0.2) is 42.5 Å². The summed E-state index contributed by atoms with van der Waals surface area (Å²) in [6.07, 6.45) is 0. The topological polar surface area (TPSA) is 45.2 Å². The van der Waals surface area contributed by atoms with Crippen molar-refractivity contribution in [2.75, 3.05) is 51.4 Å². The number of rotatable bonds is 6. The van der Waals surface area contributed by atoms with E-state index >= 15 is 0 Å². The Labute approximate surface area is 161 Å². The SMILES string of the molecule is COc1ccc(CN2CC(CN3CCOCC3)c3ccccc32)cc1CO. The normalized spacial score (nSPS) is 19.9. The van der Waals surface area contributed by atoms with E-state index in [-0.39, 0.29) is 6.61 Å². The monoisotopic (exact) mass is 368 g/mol. The molecule has 5 heteroatoms. The van der Waals surface area contributed by atoms with Gasteiger partial charge in [-0.25, -0.2) is 0 Å². The van der Waals surface area contributed by atoms with E-state index < -0.39 is 0 Å². The molecule has 2 aliphatic rings. The third-order valence-corrected chi connectivity index (χ3v) is 5.63. The summed E-state index contributed by atoms with van der Waals surface area (Å²) in [5.74, 6) is 1.27. The van der Waals surface area contributed by atoms with Crippen molar-refractivity contribution >= 4 is 5.69 Å². The van der Waals surface area contributed by atoms with E-state index in [1.165, 1.54) is 16.8 Å². The molecule has 0 spiro atoms. The third kappa shape index (κ3) is 3.95. The van der Waals surface area contributed by atoms with Crippen molar-refractivity contribution in [2.24, 2.45) is 0 Å². The summed E-state index contributed by atoms with van der Waals surface area (Å²) < 4.78 is 10.8. The van der Waals surface area contributed by atoms with Crippen LogP contribution in [-0.2, 0) is 17.9 Å². The van der Waals surface area contributed by atoms with Crippen LogP contribution < -0.4 is 9.64 Å². The van der Waals surface area contributed by atoms with Crippen molar-refractivity contribution < 1.29 is 14.6 Å². The van der Waals surface area contributed by atoms with Gasteiger partial charge in [0.2, 0.25) is 0 Å². The van der Waals surface area contributed by atoms with Gasteiger partial charge in [-0.3, -0.25) is 4.90 Å². The van der Waals surface area contributed by atoms with Crippen LogP contribution in [0.2, 0.25) is 0 Å². The van der Waals surface area contributed by atoms with E-state index in [0.717, 1.165) is 57.3 Å². The summed E-state index contributed by atoms with van der Waals surface area (Å²) in [5, 5.41) is 9.61. The molecule has 1 N–H and O–H groups in total. The fraction of sp³-hybridized carbons (Fsp3) is 0.455. The molecule has 0 aliphatic carbocycles. The molecule has 0 aromatic heterocycles. The summed E-state index contributed by atoms with van der Waals surface area (Å²) in [5.41, 5.74) is 4.81. The largest absolute Gasteiger partial charge is 0.496 e. The van der Waals surface area contributed by atoms with Gasteiger partial charge < -0.3 is 19.5 Å². The number of aliphatic hydroxyl groups is 1. The van der Waals surface area contributed by atoms with Crippen molar-refractivity contribution in [1.82, 2.24) is 4.90 Å². The van der Waals surface area contributed by atoms with Gasteiger partial charge >= 0.3 is 0 Å². The molecular formula is C22H28N2O3. The minimum atomic E-state index is -0.00669. The molecule has 2 heterocycles. The minimum absolute atomic E-state index is 0.00669. The van der Waals surface area contributed by atoms with Gasteiger partial charge in [0.15, 0.2) is 0 Å². The Morgan fingerprint density at radius 1 is 1.15 bits per heavy atom. The number of nitrogens with zero attached hydrogens (tertiary/aromatic N) is 2. The Balaban J connectivity index is 1.52. The molecule has 2 aromatic rings. The molecule has 4 rings (SSSR count). The molecule has 1 saturated heterocycles. The van der Waals surface area contributed by atoms with E-state index in [2.05, 4.69) is 46.2 Å². The highest BCUT2D eigenvalue weighted by atomic mass is 16.5. The first kappa shape index (κ1) is 18.3. The molecule has 2 aliphatic heterocycles. The van der Waals surface area contributed by atoms with Gasteiger partial charge in [0, 0.05) is 49.9 Å². The predicted molar refractivity (Wildman–Crippen MR) is 106 cm³/mol. The Morgan fingerprint density at radius 2 is 1.96 bits per heavy atom. The quantitative estimate of drug-likeness (QED) is 0.849. The van der Waals surface area contributed by atoms with Crippen LogP contribution in [0.4, 0.5) is 5.69 Å². The fourth-order valence-electron chi connectivity index (χ4n) is 4.26. The molecule has 0 saturated carbocycles. The van der Waals surface area contributed by atoms with Crippen molar-refractivity contribution in [3.05, 3.63) is 59.2 Å². The van der Waals surface area contributed by atoms with E-state index in [9.17, 15) is 5.11 Å². The average molecular weight is 368 g/mol. The zero-order chi connectivity index (χ0) is 18.6. The van der Waals surface area contributed by atoms with Gasteiger partial charge in [0.05, 0.1) is 26.9 Å². The lowest BCUT2D eigenvalue weighted by Crippen LogP contribution is -2.39. The molecule has 5 nitrogen and oxygen atoms in total. The maximum Gasteiger partial charge on any atom is 0.124 e. The second-order valence-corrected chi connectivity index (χ2v) is 7.35.